The van der Waals surface area contributed by atoms with Crippen molar-refractivity contribution in [2.24, 2.45) is 0 Å². The van der Waals surface area contributed by atoms with E-state index in [1.54, 1.807) is 0 Å². The zero-order valence-corrected chi connectivity index (χ0v) is 13.5. The highest BCUT2D eigenvalue weighted by Gasteiger charge is 2.52. The Hall–Kier alpha value is -1.06. The molecule has 1 aliphatic heterocycles. The predicted octanol–water partition coefficient (Wildman–Crippen LogP) is 4.50. The van der Waals surface area contributed by atoms with Crippen LogP contribution >= 0.6 is 0 Å². The molecule has 2 nitrogen and oxygen atoms in total. The highest BCUT2D eigenvalue weighted by molar-refractivity contribution is 6.56. The average Bonchev–Trinajstić information content (AvgIpc) is 2.60. The molecule has 1 aromatic rings. The first-order chi connectivity index (χ1) is 9.28. The molecule has 0 N–H and O–H groups in total. The third kappa shape index (κ3) is 2.70. The van der Waals surface area contributed by atoms with Gasteiger partial charge in [-0.1, -0.05) is 37.3 Å². The number of benzene rings is 1. The summed E-state index contributed by atoms with van der Waals surface area (Å²) >= 11 is 0. The molecule has 3 heteroatoms. The zero-order valence-electron chi connectivity index (χ0n) is 13.5. The molecule has 0 unspecified atom stereocenters. The summed E-state index contributed by atoms with van der Waals surface area (Å²) in [6.07, 6.45) is 0.928. The molecule has 0 radical (unpaired) electrons. The van der Waals surface area contributed by atoms with Gasteiger partial charge in [0.25, 0.3) is 0 Å². The lowest BCUT2D eigenvalue weighted by Gasteiger charge is -2.32. The SMILES string of the molecule is CC/C(B1OC(C)(C)C(C)(C)O1)=C(\C)c1ccccc1. The molecular weight excluding hydrogens is 247 g/mol. The third-order valence-corrected chi connectivity index (χ3v) is 4.61. The van der Waals surface area contributed by atoms with Gasteiger partial charge in [0.2, 0.25) is 0 Å². The molecule has 0 atom stereocenters. The summed E-state index contributed by atoms with van der Waals surface area (Å²) in [4.78, 5) is 0. The van der Waals surface area contributed by atoms with E-state index in [1.807, 2.05) is 6.07 Å². The van der Waals surface area contributed by atoms with Gasteiger partial charge in [-0.15, -0.1) is 0 Å². The van der Waals surface area contributed by atoms with Gasteiger partial charge in [0.1, 0.15) is 0 Å². The molecule has 0 bridgehead atoms. The van der Waals surface area contributed by atoms with Crippen LogP contribution in [0.1, 0.15) is 53.5 Å². The molecular formula is C17H25BO2. The van der Waals surface area contributed by atoms with Gasteiger partial charge >= 0.3 is 7.12 Å². The molecule has 1 heterocycles. The first kappa shape index (κ1) is 15.3. The number of hydrogen-bond donors (Lipinski definition) is 0. The van der Waals surface area contributed by atoms with E-state index in [1.165, 1.54) is 16.6 Å². The van der Waals surface area contributed by atoms with Gasteiger partial charge in [-0.05, 0) is 57.6 Å². The first-order valence-corrected chi connectivity index (χ1v) is 7.39. The van der Waals surface area contributed by atoms with Crippen molar-refractivity contribution in [3.05, 3.63) is 41.4 Å². The van der Waals surface area contributed by atoms with Crippen LogP contribution in [0, 0.1) is 0 Å². The lowest BCUT2D eigenvalue weighted by molar-refractivity contribution is 0.00578. The van der Waals surface area contributed by atoms with Crippen LogP contribution in [-0.2, 0) is 9.31 Å². The maximum atomic E-state index is 6.18. The largest absolute Gasteiger partial charge is 0.490 e. The summed E-state index contributed by atoms with van der Waals surface area (Å²) < 4.78 is 12.4. The molecule has 0 spiro atoms. The first-order valence-electron chi connectivity index (χ1n) is 7.39. The van der Waals surface area contributed by atoms with Crippen LogP contribution in [0.4, 0.5) is 0 Å². The van der Waals surface area contributed by atoms with Crippen molar-refractivity contribution >= 4 is 12.7 Å². The quantitative estimate of drug-likeness (QED) is 0.754. The Morgan fingerprint density at radius 2 is 1.50 bits per heavy atom. The van der Waals surface area contributed by atoms with E-state index < -0.39 is 0 Å². The Kier molecular flexibility index (Phi) is 4.13. The van der Waals surface area contributed by atoms with E-state index >= 15 is 0 Å². The lowest BCUT2D eigenvalue weighted by atomic mass is 9.72. The van der Waals surface area contributed by atoms with Crippen LogP contribution in [0.25, 0.3) is 5.57 Å². The van der Waals surface area contributed by atoms with Crippen LogP contribution < -0.4 is 0 Å². The highest BCUT2D eigenvalue weighted by atomic mass is 16.7. The molecule has 0 saturated carbocycles. The third-order valence-electron chi connectivity index (χ3n) is 4.61. The van der Waals surface area contributed by atoms with Crippen LogP contribution in [0.3, 0.4) is 0 Å². The summed E-state index contributed by atoms with van der Waals surface area (Å²) in [7, 11) is -0.245. The maximum Gasteiger partial charge on any atom is 0.490 e. The fourth-order valence-corrected chi connectivity index (χ4v) is 2.47. The fourth-order valence-electron chi connectivity index (χ4n) is 2.47. The van der Waals surface area contributed by atoms with E-state index in [2.05, 4.69) is 65.8 Å². The Morgan fingerprint density at radius 1 is 1.00 bits per heavy atom. The minimum absolute atomic E-state index is 0.245. The van der Waals surface area contributed by atoms with Crippen molar-refractivity contribution in [2.45, 2.75) is 59.2 Å². The van der Waals surface area contributed by atoms with Crippen molar-refractivity contribution < 1.29 is 9.31 Å². The van der Waals surface area contributed by atoms with Gasteiger partial charge in [0.15, 0.2) is 0 Å². The van der Waals surface area contributed by atoms with E-state index in [0.29, 0.717) is 0 Å². The van der Waals surface area contributed by atoms with Crippen molar-refractivity contribution in [1.29, 1.82) is 0 Å². The minimum atomic E-state index is -0.283. The van der Waals surface area contributed by atoms with Gasteiger partial charge in [-0.3, -0.25) is 0 Å². The van der Waals surface area contributed by atoms with Gasteiger partial charge in [0, 0.05) is 0 Å². The van der Waals surface area contributed by atoms with Crippen LogP contribution in [-0.4, -0.2) is 18.3 Å². The topological polar surface area (TPSA) is 18.5 Å². The molecule has 2 rings (SSSR count). The molecule has 20 heavy (non-hydrogen) atoms. The monoisotopic (exact) mass is 272 g/mol. The molecule has 0 aromatic heterocycles. The lowest BCUT2D eigenvalue weighted by Crippen LogP contribution is -2.41. The van der Waals surface area contributed by atoms with E-state index in [4.69, 9.17) is 9.31 Å². The number of allylic oxidation sites excluding steroid dienone is 2. The Balaban J connectivity index is 2.35. The molecule has 1 aliphatic rings. The van der Waals surface area contributed by atoms with Crippen LogP contribution in [0.15, 0.2) is 35.8 Å². The van der Waals surface area contributed by atoms with E-state index in [0.717, 1.165) is 6.42 Å². The molecule has 0 amide bonds. The second kappa shape index (κ2) is 5.38. The fraction of sp³-hybridized carbons (Fsp3) is 0.529. The summed E-state index contributed by atoms with van der Waals surface area (Å²) in [6, 6.07) is 10.4. The van der Waals surface area contributed by atoms with Crippen LogP contribution in [0.2, 0.25) is 0 Å². The van der Waals surface area contributed by atoms with Gasteiger partial charge in [0.05, 0.1) is 11.2 Å². The summed E-state index contributed by atoms with van der Waals surface area (Å²) in [5.74, 6) is 0. The van der Waals surface area contributed by atoms with E-state index in [9.17, 15) is 0 Å². The Labute approximate surface area is 123 Å². The van der Waals surface area contributed by atoms with Crippen molar-refractivity contribution in [3.63, 3.8) is 0 Å². The summed E-state index contributed by atoms with van der Waals surface area (Å²) in [5, 5.41) is 0. The molecule has 1 saturated heterocycles. The van der Waals surface area contributed by atoms with Gasteiger partial charge in [-0.2, -0.15) is 0 Å². The summed E-state index contributed by atoms with van der Waals surface area (Å²) in [5.41, 5.74) is 3.16. The second-order valence-corrected chi connectivity index (χ2v) is 6.46. The highest BCUT2D eigenvalue weighted by Crippen LogP contribution is 2.40. The molecule has 1 aromatic carbocycles. The predicted molar refractivity (Wildman–Crippen MR) is 85.4 cm³/mol. The number of rotatable bonds is 3. The average molecular weight is 272 g/mol. The molecule has 0 aliphatic carbocycles. The standard InChI is InChI=1S/C17H25BO2/c1-7-15(13(2)14-11-9-8-10-12-14)18-19-16(3,4)17(5,6)20-18/h8-12H,7H2,1-6H3/b15-13-. The smallest absolute Gasteiger partial charge is 0.400 e. The molecule has 108 valence electrons. The normalized spacial score (nSPS) is 21.8. The second-order valence-electron chi connectivity index (χ2n) is 6.46. The van der Waals surface area contributed by atoms with Crippen molar-refractivity contribution in [3.8, 4) is 0 Å². The van der Waals surface area contributed by atoms with Crippen molar-refractivity contribution in [2.75, 3.05) is 0 Å². The maximum absolute atomic E-state index is 6.18. The molecule has 1 fully saturated rings. The minimum Gasteiger partial charge on any atom is -0.400 e. The zero-order chi connectivity index (χ0) is 15.0. The van der Waals surface area contributed by atoms with Gasteiger partial charge in [-0.25, -0.2) is 0 Å². The number of hydrogen-bond acceptors (Lipinski definition) is 2. The Bertz CT molecular complexity index is 487. The summed E-state index contributed by atoms with van der Waals surface area (Å²) in [6.45, 7) is 12.7. The van der Waals surface area contributed by atoms with Gasteiger partial charge < -0.3 is 9.31 Å². The van der Waals surface area contributed by atoms with Crippen molar-refractivity contribution in [1.82, 2.24) is 0 Å². The van der Waals surface area contributed by atoms with Crippen LogP contribution in [0.5, 0.6) is 0 Å². The Morgan fingerprint density at radius 3 is 1.95 bits per heavy atom. The van der Waals surface area contributed by atoms with E-state index in [-0.39, 0.29) is 18.3 Å².